The fourth-order valence-corrected chi connectivity index (χ4v) is 1.32. The van der Waals surface area contributed by atoms with Crippen LogP contribution in [0.3, 0.4) is 0 Å². The first-order valence-corrected chi connectivity index (χ1v) is 4.35. The van der Waals surface area contributed by atoms with Crippen LogP contribution in [0.4, 0.5) is 4.79 Å². The molecule has 1 saturated heterocycles. The minimum absolute atomic E-state index is 0.118. The molecule has 0 aliphatic carbocycles. The van der Waals surface area contributed by atoms with E-state index in [0.29, 0.717) is 13.1 Å². The van der Waals surface area contributed by atoms with Crippen LogP contribution < -0.4 is 5.32 Å². The Morgan fingerprint density at radius 1 is 1.80 bits per heavy atom. The monoisotopic (exact) mass is 211 g/mol. The second-order valence-corrected chi connectivity index (χ2v) is 3.16. The van der Waals surface area contributed by atoms with Crippen molar-refractivity contribution < 1.29 is 19.4 Å². The Kier molecular flexibility index (Phi) is 2.28. The zero-order chi connectivity index (χ0) is 10.8. The number of ether oxygens (including phenoxy) is 1. The van der Waals surface area contributed by atoms with E-state index in [1.54, 1.807) is 0 Å². The van der Waals surface area contributed by atoms with Crippen molar-refractivity contribution in [2.75, 3.05) is 6.54 Å². The quantitative estimate of drug-likeness (QED) is 0.715. The molecule has 0 bridgehead atoms. The topological polar surface area (TPSA) is 93.5 Å². The van der Waals surface area contributed by atoms with Crippen molar-refractivity contribution in [2.24, 2.45) is 0 Å². The minimum Gasteiger partial charge on any atom is -0.478 e. The van der Waals surface area contributed by atoms with E-state index in [2.05, 4.69) is 10.4 Å². The predicted octanol–water partition coefficient (Wildman–Crippen LogP) is -0.310. The summed E-state index contributed by atoms with van der Waals surface area (Å²) in [5.41, 5.74) is 0.118. The summed E-state index contributed by atoms with van der Waals surface area (Å²) in [6.07, 6.45) is 1.91. The summed E-state index contributed by atoms with van der Waals surface area (Å²) in [7, 11) is 0. The molecule has 1 unspecified atom stereocenters. The van der Waals surface area contributed by atoms with Gasteiger partial charge in [-0.15, -0.1) is 0 Å². The van der Waals surface area contributed by atoms with E-state index in [9.17, 15) is 9.59 Å². The van der Waals surface area contributed by atoms with Crippen LogP contribution in [0.5, 0.6) is 0 Å². The highest BCUT2D eigenvalue weighted by Crippen LogP contribution is 2.04. The lowest BCUT2D eigenvalue weighted by atomic mass is 10.3. The maximum absolute atomic E-state index is 10.7. The van der Waals surface area contributed by atoms with Gasteiger partial charge in [-0.1, -0.05) is 0 Å². The molecule has 0 spiro atoms. The van der Waals surface area contributed by atoms with Crippen LogP contribution in [0, 0.1) is 0 Å². The highest BCUT2D eigenvalue weighted by atomic mass is 16.6. The molecule has 15 heavy (non-hydrogen) atoms. The Morgan fingerprint density at radius 2 is 2.60 bits per heavy atom. The predicted molar refractivity (Wildman–Crippen MR) is 47.5 cm³/mol. The van der Waals surface area contributed by atoms with Gasteiger partial charge in [0.05, 0.1) is 24.8 Å². The fraction of sp³-hybridized carbons (Fsp3) is 0.375. The first-order valence-electron chi connectivity index (χ1n) is 4.35. The number of hydrogen-bond donors (Lipinski definition) is 2. The number of aromatic nitrogens is 2. The zero-order valence-corrected chi connectivity index (χ0v) is 7.71. The van der Waals surface area contributed by atoms with Gasteiger partial charge in [0.2, 0.25) is 0 Å². The summed E-state index contributed by atoms with van der Waals surface area (Å²) in [5, 5.41) is 15.0. The van der Waals surface area contributed by atoms with Crippen LogP contribution in [0.25, 0.3) is 0 Å². The van der Waals surface area contributed by atoms with Crippen molar-refractivity contribution in [3.8, 4) is 0 Å². The molecule has 1 aliphatic rings. The molecule has 7 heteroatoms. The highest BCUT2D eigenvalue weighted by Gasteiger charge is 2.23. The number of rotatable bonds is 3. The lowest BCUT2D eigenvalue weighted by Gasteiger charge is -2.06. The maximum Gasteiger partial charge on any atom is 0.407 e. The third-order valence-electron chi connectivity index (χ3n) is 2.02. The van der Waals surface area contributed by atoms with Crippen LogP contribution in [-0.2, 0) is 11.3 Å². The van der Waals surface area contributed by atoms with Crippen molar-refractivity contribution >= 4 is 12.1 Å². The van der Waals surface area contributed by atoms with E-state index in [4.69, 9.17) is 9.84 Å². The fourth-order valence-electron chi connectivity index (χ4n) is 1.32. The zero-order valence-electron chi connectivity index (χ0n) is 7.71. The Labute approximate surface area is 84.6 Å². The molecule has 0 radical (unpaired) electrons. The van der Waals surface area contributed by atoms with Crippen LogP contribution in [0.1, 0.15) is 10.4 Å². The number of cyclic esters (lactones) is 1. The van der Waals surface area contributed by atoms with Gasteiger partial charge < -0.3 is 15.2 Å². The van der Waals surface area contributed by atoms with Crippen LogP contribution >= 0.6 is 0 Å². The number of nitrogens with one attached hydrogen (secondary N) is 1. The van der Waals surface area contributed by atoms with Gasteiger partial charge >= 0.3 is 12.1 Å². The number of carbonyl (C=O) groups is 2. The molecule has 2 heterocycles. The van der Waals surface area contributed by atoms with Gasteiger partial charge in [0.25, 0.3) is 0 Å². The maximum atomic E-state index is 10.7. The summed E-state index contributed by atoms with van der Waals surface area (Å²) in [6, 6.07) is 0. The second-order valence-electron chi connectivity index (χ2n) is 3.16. The number of aromatic carboxylic acids is 1. The van der Waals surface area contributed by atoms with Crippen molar-refractivity contribution in [1.29, 1.82) is 0 Å². The number of nitrogens with zero attached hydrogens (tertiary/aromatic N) is 2. The molecule has 1 aliphatic heterocycles. The summed E-state index contributed by atoms with van der Waals surface area (Å²) in [5.74, 6) is -1.03. The molecule has 0 saturated carbocycles. The van der Waals surface area contributed by atoms with Gasteiger partial charge in [-0.3, -0.25) is 4.68 Å². The van der Waals surface area contributed by atoms with Crippen LogP contribution in [-0.4, -0.2) is 39.6 Å². The summed E-state index contributed by atoms with van der Waals surface area (Å²) in [6.45, 7) is 0.771. The molecule has 2 rings (SSSR count). The van der Waals surface area contributed by atoms with Gasteiger partial charge in [0.15, 0.2) is 0 Å². The molecule has 80 valence electrons. The Morgan fingerprint density at radius 3 is 3.13 bits per heavy atom. The van der Waals surface area contributed by atoms with Gasteiger partial charge in [-0.05, 0) is 0 Å². The van der Waals surface area contributed by atoms with Crippen molar-refractivity contribution in [3.63, 3.8) is 0 Å². The SMILES string of the molecule is O=C1NCC(Cn2cc(C(=O)O)cn2)O1. The average molecular weight is 211 g/mol. The molecule has 0 aromatic carbocycles. The number of alkyl carbamates (subject to hydrolysis) is 1. The lowest BCUT2D eigenvalue weighted by molar-refractivity contribution is 0.0696. The number of carbonyl (C=O) groups excluding carboxylic acids is 1. The first-order chi connectivity index (χ1) is 7.15. The normalized spacial score (nSPS) is 19.7. The van der Waals surface area contributed by atoms with Crippen molar-refractivity contribution in [2.45, 2.75) is 12.6 Å². The molecule has 7 nitrogen and oxygen atoms in total. The van der Waals surface area contributed by atoms with E-state index < -0.39 is 12.1 Å². The highest BCUT2D eigenvalue weighted by molar-refractivity contribution is 5.86. The second kappa shape index (κ2) is 3.60. The molecule has 1 aromatic heterocycles. The third-order valence-corrected chi connectivity index (χ3v) is 2.02. The Hall–Kier alpha value is -2.05. The van der Waals surface area contributed by atoms with Crippen molar-refractivity contribution in [3.05, 3.63) is 18.0 Å². The van der Waals surface area contributed by atoms with E-state index in [-0.39, 0.29) is 11.7 Å². The van der Waals surface area contributed by atoms with Gasteiger partial charge in [-0.2, -0.15) is 5.10 Å². The van der Waals surface area contributed by atoms with E-state index in [1.165, 1.54) is 17.1 Å². The van der Waals surface area contributed by atoms with E-state index in [0.717, 1.165) is 0 Å². The molecule has 1 fully saturated rings. The standard InChI is InChI=1S/C8H9N3O4/c12-7(13)5-1-10-11(3-5)4-6-2-9-8(14)15-6/h1,3,6H,2,4H2,(H,9,14)(H,12,13). The number of carboxylic acid groups (broad SMARTS) is 1. The number of hydrogen-bond acceptors (Lipinski definition) is 4. The summed E-state index contributed by atoms with van der Waals surface area (Å²) < 4.78 is 6.32. The molecular weight excluding hydrogens is 202 g/mol. The Balaban J connectivity index is 1.99. The molecule has 2 N–H and O–H groups in total. The largest absolute Gasteiger partial charge is 0.478 e. The smallest absolute Gasteiger partial charge is 0.407 e. The van der Waals surface area contributed by atoms with Gasteiger partial charge in [0.1, 0.15) is 6.10 Å². The first kappa shape index (κ1) is 9.50. The van der Waals surface area contributed by atoms with Crippen molar-refractivity contribution in [1.82, 2.24) is 15.1 Å². The Bertz CT molecular complexity index is 400. The third kappa shape index (κ3) is 2.06. The average Bonchev–Trinajstić information content (AvgIpc) is 2.76. The van der Waals surface area contributed by atoms with Crippen LogP contribution in [0.2, 0.25) is 0 Å². The molecule has 1 atom stereocenters. The van der Waals surface area contributed by atoms with Crippen LogP contribution in [0.15, 0.2) is 12.4 Å². The van der Waals surface area contributed by atoms with Gasteiger partial charge in [0, 0.05) is 6.20 Å². The number of amides is 1. The lowest BCUT2D eigenvalue weighted by Crippen LogP contribution is -2.20. The molecule has 1 aromatic rings. The summed E-state index contributed by atoms with van der Waals surface area (Å²) >= 11 is 0. The number of carboxylic acids is 1. The van der Waals surface area contributed by atoms with E-state index in [1.807, 2.05) is 0 Å². The van der Waals surface area contributed by atoms with E-state index >= 15 is 0 Å². The summed E-state index contributed by atoms with van der Waals surface area (Å²) in [4.78, 5) is 21.3. The van der Waals surface area contributed by atoms with Gasteiger partial charge in [-0.25, -0.2) is 9.59 Å². The minimum atomic E-state index is -1.03. The molecule has 1 amide bonds. The molecular formula is C8H9N3O4.